The number of halogens is 1. The number of thiocarbonyl (C=S) groups is 1. The van der Waals surface area contributed by atoms with Gasteiger partial charge in [0, 0.05) is 16.9 Å². The van der Waals surface area contributed by atoms with E-state index >= 15 is 0 Å². The molecule has 2 aromatic carbocycles. The van der Waals surface area contributed by atoms with Crippen LogP contribution in [0.2, 0.25) is 5.02 Å². The van der Waals surface area contributed by atoms with Crippen molar-refractivity contribution in [1.82, 2.24) is 15.4 Å². The van der Waals surface area contributed by atoms with Crippen LogP contribution in [0.4, 0.5) is 11.4 Å². The van der Waals surface area contributed by atoms with Crippen LogP contribution in [0.1, 0.15) is 16.9 Å². The van der Waals surface area contributed by atoms with Gasteiger partial charge in [0.05, 0.1) is 12.1 Å². The molecule has 3 aromatic rings. The van der Waals surface area contributed by atoms with E-state index in [1.54, 1.807) is 60.7 Å². The Kier molecular flexibility index (Phi) is 6.62. The predicted molar refractivity (Wildman–Crippen MR) is 129 cm³/mol. The molecule has 0 spiro atoms. The molecule has 1 aromatic heterocycles. The molecular formula is C23H18ClN5O3S. The number of aromatic nitrogens is 1. The molecule has 1 aliphatic heterocycles. The van der Waals surface area contributed by atoms with Crippen LogP contribution in [-0.4, -0.2) is 38.9 Å². The zero-order valence-corrected chi connectivity index (χ0v) is 18.7. The van der Waals surface area contributed by atoms with Crippen LogP contribution >= 0.6 is 23.8 Å². The minimum absolute atomic E-state index is 0.0553. The lowest BCUT2D eigenvalue weighted by Crippen LogP contribution is -2.50. The Balaban J connectivity index is 1.58. The standard InChI is InChI=1S/C23H18ClN5O3S/c24-15-9-11-16(12-10-15)26-20(30)14-19-22(32)28(17-6-2-1-3-7-17)23(33)29(19)27-21(31)18-8-4-5-13-25-18/h1-13,19H,14H2,(H,26,30)(H,27,31). The third-order valence-electron chi connectivity index (χ3n) is 4.86. The van der Waals surface area contributed by atoms with E-state index < -0.39 is 23.8 Å². The molecule has 166 valence electrons. The third-order valence-corrected chi connectivity index (χ3v) is 5.49. The van der Waals surface area contributed by atoms with E-state index in [4.69, 9.17) is 23.8 Å². The van der Waals surface area contributed by atoms with Gasteiger partial charge in [-0.1, -0.05) is 35.9 Å². The summed E-state index contributed by atoms with van der Waals surface area (Å²) in [6, 6.07) is 19.2. The van der Waals surface area contributed by atoms with Crippen molar-refractivity contribution in [2.24, 2.45) is 0 Å². The summed E-state index contributed by atoms with van der Waals surface area (Å²) in [4.78, 5) is 44.1. The number of anilines is 2. The highest BCUT2D eigenvalue weighted by molar-refractivity contribution is 7.80. The van der Waals surface area contributed by atoms with Gasteiger partial charge in [0.1, 0.15) is 11.7 Å². The highest BCUT2D eigenvalue weighted by Crippen LogP contribution is 2.26. The highest BCUT2D eigenvalue weighted by atomic mass is 35.5. The van der Waals surface area contributed by atoms with Gasteiger partial charge in [0.2, 0.25) is 11.0 Å². The van der Waals surface area contributed by atoms with Gasteiger partial charge in [0.25, 0.3) is 11.8 Å². The number of hydrogen-bond donors (Lipinski definition) is 2. The zero-order valence-electron chi connectivity index (χ0n) is 17.1. The summed E-state index contributed by atoms with van der Waals surface area (Å²) in [5.41, 5.74) is 3.84. The van der Waals surface area contributed by atoms with Crippen molar-refractivity contribution in [3.8, 4) is 0 Å². The number of hydrogen-bond acceptors (Lipinski definition) is 5. The Morgan fingerprint density at radius 2 is 1.70 bits per heavy atom. The van der Waals surface area contributed by atoms with Crippen molar-refractivity contribution in [2.75, 3.05) is 10.2 Å². The Labute approximate surface area is 200 Å². The summed E-state index contributed by atoms with van der Waals surface area (Å²) in [7, 11) is 0. The lowest BCUT2D eigenvalue weighted by atomic mass is 10.1. The van der Waals surface area contributed by atoms with Crippen molar-refractivity contribution in [3.63, 3.8) is 0 Å². The minimum atomic E-state index is -1.04. The summed E-state index contributed by atoms with van der Waals surface area (Å²) >= 11 is 11.4. The fraction of sp³-hybridized carbons (Fsp3) is 0.0870. The fourth-order valence-corrected chi connectivity index (χ4v) is 3.79. The molecule has 4 rings (SSSR count). The Hall–Kier alpha value is -3.82. The van der Waals surface area contributed by atoms with Crippen LogP contribution in [0.25, 0.3) is 0 Å². The Bertz CT molecular complexity index is 1190. The third kappa shape index (κ3) is 5.00. The monoisotopic (exact) mass is 479 g/mol. The summed E-state index contributed by atoms with van der Waals surface area (Å²) in [5.74, 6) is -1.41. The molecular weight excluding hydrogens is 462 g/mol. The first kappa shape index (κ1) is 22.4. The van der Waals surface area contributed by atoms with E-state index in [1.165, 1.54) is 22.2 Å². The molecule has 2 N–H and O–H groups in total. The first-order chi connectivity index (χ1) is 15.9. The maximum atomic E-state index is 13.3. The van der Waals surface area contributed by atoms with Crippen LogP contribution in [0, 0.1) is 0 Å². The number of carbonyl (C=O) groups is 3. The minimum Gasteiger partial charge on any atom is -0.326 e. The number of hydrazine groups is 1. The molecule has 1 atom stereocenters. The lowest BCUT2D eigenvalue weighted by Gasteiger charge is -2.24. The number of nitrogens with zero attached hydrogens (tertiary/aromatic N) is 3. The second-order valence-electron chi connectivity index (χ2n) is 7.09. The van der Waals surface area contributed by atoms with Crippen LogP contribution in [0.5, 0.6) is 0 Å². The second kappa shape index (κ2) is 9.76. The van der Waals surface area contributed by atoms with Crippen molar-refractivity contribution in [2.45, 2.75) is 12.5 Å². The molecule has 0 bridgehead atoms. The normalized spacial score (nSPS) is 15.5. The first-order valence-corrected chi connectivity index (χ1v) is 10.7. The molecule has 0 aliphatic carbocycles. The van der Waals surface area contributed by atoms with Gasteiger partial charge in [-0.15, -0.1) is 0 Å². The Morgan fingerprint density at radius 1 is 1.00 bits per heavy atom. The maximum Gasteiger partial charge on any atom is 0.288 e. The fourth-order valence-electron chi connectivity index (χ4n) is 3.30. The summed E-state index contributed by atoms with van der Waals surface area (Å²) in [6.45, 7) is 0. The topological polar surface area (TPSA) is 94.6 Å². The summed E-state index contributed by atoms with van der Waals surface area (Å²) < 4.78 is 0. The van der Waals surface area contributed by atoms with Gasteiger partial charge in [-0.2, -0.15) is 0 Å². The van der Waals surface area contributed by atoms with Crippen LogP contribution in [-0.2, 0) is 9.59 Å². The zero-order chi connectivity index (χ0) is 23.4. The van der Waals surface area contributed by atoms with E-state index in [0.29, 0.717) is 16.4 Å². The summed E-state index contributed by atoms with van der Waals surface area (Å²) in [5, 5.41) is 4.56. The lowest BCUT2D eigenvalue weighted by molar-refractivity contribution is -0.124. The number of nitrogens with one attached hydrogen (secondary N) is 2. The van der Waals surface area contributed by atoms with Gasteiger partial charge in [-0.25, -0.2) is 5.01 Å². The molecule has 1 fully saturated rings. The van der Waals surface area contributed by atoms with Gasteiger partial charge in [-0.3, -0.25) is 29.7 Å². The van der Waals surface area contributed by atoms with Crippen molar-refractivity contribution < 1.29 is 14.4 Å². The molecule has 2 heterocycles. The van der Waals surface area contributed by atoms with Gasteiger partial charge in [0.15, 0.2) is 0 Å². The molecule has 8 nitrogen and oxygen atoms in total. The van der Waals surface area contributed by atoms with E-state index in [2.05, 4.69) is 15.7 Å². The SMILES string of the molecule is O=C(CC1C(=O)N(c2ccccc2)C(=S)N1NC(=O)c1ccccn1)Nc1ccc(Cl)cc1. The number of amides is 3. The van der Waals surface area contributed by atoms with Crippen molar-refractivity contribution in [3.05, 3.63) is 89.7 Å². The quantitative estimate of drug-likeness (QED) is 0.526. The Morgan fingerprint density at radius 3 is 2.36 bits per heavy atom. The number of benzene rings is 2. The van der Waals surface area contributed by atoms with E-state index in [-0.39, 0.29) is 17.2 Å². The van der Waals surface area contributed by atoms with E-state index in [9.17, 15) is 14.4 Å². The van der Waals surface area contributed by atoms with E-state index in [1.807, 2.05) is 6.07 Å². The van der Waals surface area contributed by atoms with E-state index in [0.717, 1.165) is 0 Å². The molecule has 3 amide bonds. The average Bonchev–Trinajstić information content (AvgIpc) is 3.05. The van der Waals surface area contributed by atoms with Crippen molar-refractivity contribution >= 4 is 58.0 Å². The van der Waals surface area contributed by atoms with Gasteiger partial charge >= 0.3 is 0 Å². The maximum absolute atomic E-state index is 13.3. The molecule has 1 aliphatic rings. The molecule has 1 unspecified atom stereocenters. The first-order valence-electron chi connectivity index (χ1n) is 9.93. The number of rotatable bonds is 6. The highest BCUT2D eigenvalue weighted by Gasteiger charge is 2.45. The molecule has 1 saturated heterocycles. The van der Waals surface area contributed by atoms with Crippen LogP contribution in [0.3, 0.4) is 0 Å². The largest absolute Gasteiger partial charge is 0.326 e. The second-order valence-corrected chi connectivity index (χ2v) is 7.89. The van der Waals surface area contributed by atoms with Crippen LogP contribution in [0.15, 0.2) is 79.0 Å². The molecule has 0 saturated carbocycles. The van der Waals surface area contributed by atoms with Gasteiger partial charge < -0.3 is 5.32 Å². The number of para-hydroxylation sites is 1. The average molecular weight is 480 g/mol. The molecule has 33 heavy (non-hydrogen) atoms. The van der Waals surface area contributed by atoms with Crippen LogP contribution < -0.4 is 15.6 Å². The predicted octanol–water partition coefficient (Wildman–Crippen LogP) is 3.41. The van der Waals surface area contributed by atoms with Gasteiger partial charge in [-0.05, 0) is 60.7 Å². The summed E-state index contributed by atoms with van der Waals surface area (Å²) in [6.07, 6.45) is 1.24. The van der Waals surface area contributed by atoms with Crippen molar-refractivity contribution in [1.29, 1.82) is 0 Å². The number of pyridine rings is 1. The molecule has 10 heteroatoms. The smallest absolute Gasteiger partial charge is 0.288 e. The number of carbonyl (C=O) groups excluding carboxylic acids is 3. The molecule has 0 radical (unpaired) electrons.